The molecule has 120 valence electrons. The van der Waals surface area contributed by atoms with Gasteiger partial charge in [-0.15, -0.1) is 0 Å². The summed E-state index contributed by atoms with van der Waals surface area (Å²) in [6.07, 6.45) is 2.55. The van der Waals surface area contributed by atoms with E-state index in [0.717, 1.165) is 17.1 Å². The topological polar surface area (TPSA) is 27.3 Å². The highest BCUT2D eigenvalue weighted by Gasteiger charge is 2.48. The van der Waals surface area contributed by atoms with Crippen LogP contribution in [0.2, 0.25) is 0 Å². The van der Waals surface area contributed by atoms with Crippen LogP contribution in [0.1, 0.15) is 11.1 Å². The van der Waals surface area contributed by atoms with Gasteiger partial charge in [-0.2, -0.15) is 0 Å². The molecule has 2 heterocycles. The summed E-state index contributed by atoms with van der Waals surface area (Å²) in [6, 6.07) is 24.7. The third-order valence-corrected chi connectivity index (χ3v) is 4.65. The quantitative estimate of drug-likeness (QED) is 0.750. The smallest absolute Gasteiger partial charge is 0.284 e. The van der Waals surface area contributed by atoms with Crippen molar-refractivity contribution in [2.45, 2.75) is 19.1 Å². The number of fused-ring (bicyclic) bond motifs is 1. The lowest BCUT2D eigenvalue weighted by Crippen LogP contribution is -2.56. The summed E-state index contributed by atoms with van der Waals surface area (Å²) in [5.74, 6) is 1.01. The van der Waals surface area contributed by atoms with Crippen molar-refractivity contribution in [3.63, 3.8) is 0 Å². The molecule has 0 spiro atoms. The Morgan fingerprint density at radius 2 is 1.67 bits per heavy atom. The highest BCUT2D eigenvalue weighted by Crippen LogP contribution is 2.32. The first-order valence-corrected chi connectivity index (χ1v) is 8.27. The second-order valence-corrected chi connectivity index (χ2v) is 6.50. The maximum absolute atomic E-state index is 11.4. The van der Waals surface area contributed by atoms with Crippen molar-refractivity contribution in [1.82, 2.24) is 0 Å². The van der Waals surface area contributed by atoms with E-state index < -0.39 is 5.72 Å². The Labute approximate surface area is 142 Å². The lowest BCUT2D eigenvalue weighted by atomic mass is 10.0. The number of anilines is 2. The Hall–Kier alpha value is -2.65. The number of nitrogens with zero attached hydrogens (tertiary/aromatic N) is 2. The van der Waals surface area contributed by atoms with Gasteiger partial charge in [-0.25, -0.2) is 9.47 Å². The molecule has 3 heteroatoms. The minimum Gasteiger partial charge on any atom is -0.349 e. The van der Waals surface area contributed by atoms with E-state index in [1.54, 1.807) is 0 Å². The average Bonchev–Trinajstić information content (AvgIpc) is 2.91. The summed E-state index contributed by atoms with van der Waals surface area (Å²) >= 11 is 0. The third-order valence-electron chi connectivity index (χ3n) is 4.65. The van der Waals surface area contributed by atoms with Crippen LogP contribution in [0.15, 0.2) is 79.0 Å². The molecule has 0 radical (unpaired) electrons. The highest BCUT2D eigenvalue weighted by atomic mass is 16.3. The molecule has 1 N–H and O–H groups in total. The number of hydrogen-bond acceptors (Lipinski definition) is 2. The van der Waals surface area contributed by atoms with Crippen molar-refractivity contribution >= 4 is 11.5 Å². The zero-order chi connectivity index (χ0) is 16.6. The van der Waals surface area contributed by atoms with E-state index in [1.807, 2.05) is 41.1 Å². The van der Waals surface area contributed by atoms with Crippen LogP contribution in [0.5, 0.6) is 0 Å². The standard InChI is InChI=1S/C21H21N2O/c1-17-10-12-18(13-11-17)15-21(24)16-22(19-7-3-2-4-8-19)20-9-5-6-14-23(20)21/h2-14,24H,15-16H2,1H3/q+1. The van der Waals surface area contributed by atoms with Gasteiger partial charge in [0.2, 0.25) is 0 Å². The van der Waals surface area contributed by atoms with E-state index >= 15 is 0 Å². The van der Waals surface area contributed by atoms with Crippen molar-refractivity contribution in [2.75, 3.05) is 11.4 Å². The van der Waals surface area contributed by atoms with Crippen molar-refractivity contribution in [1.29, 1.82) is 0 Å². The Balaban J connectivity index is 1.73. The first-order chi connectivity index (χ1) is 11.7. The maximum Gasteiger partial charge on any atom is 0.284 e. The molecule has 1 aliphatic heterocycles. The molecule has 1 aromatic heterocycles. The van der Waals surface area contributed by atoms with Gasteiger partial charge < -0.3 is 5.11 Å². The molecule has 1 atom stereocenters. The van der Waals surface area contributed by atoms with E-state index in [-0.39, 0.29) is 0 Å². The number of β-amino-alcohol motifs (C(OH)–C–C–N with tert-alkyl or cyclic N) is 1. The summed E-state index contributed by atoms with van der Waals surface area (Å²) in [6.45, 7) is 2.62. The lowest BCUT2D eigenvalue weighted by Gasteiger charge is -2.19. The van der Waals surface area contributed by atoms with Gasteiger partial charge in [0.05, 0.1) is 6.20 Å². The van der Waals surface area contributed by atoms with E-state index in [4.69, 9.17) is 0 Å². The van der Waals surface area contributed by atoms with Gasteiger partial charge in [0.15, 0.2) is 6.54 Å². The van der Waals surface area contributed by atoms with Crippen molar-refractivity contribution < 1.29 is 9.67 Å². The molecule has 3 nitrogen and oxygen atoms in total. The van der Waals surface area contributed by atoms with Gasteiger partial charge in [0.25, 0.3) is 11.5 Å². The second-order valence-electron chi connectivity index (χ2n) is 6.50. The van der Waals surface area contributed by atoms with Crippen LogP contribution >= 0.6 is 0 Å². The molecule has 2 aromatic carbocycles. The van der Waals surface area contributed by atoms with Gasteiger partial charge in [0, 0.05) is 12.5 Å². The molecular weight excluding hydrogens is 296 g/mol. The molecule has 0 fully saturated rings. The highest BCUT2D eigenvalue weighted by molar-refractivity contribution is 5.59. The summed E-state index contributed by atoms with van der Waals surface area (Å²) in [4.78, 5) is 2.17. The van der Waals surface area contributed by atoms with E-state index in [1.165, 1.54) is 5.56 Å². The van der Waals surface area contributed by atoms with Crippen LogP contribution in [0.4, 0.5) is 11.5 Å². The van der Waals surface area contributed by atoms with Crippen LogP contribution in [0, 0.1) is 6.92 Å². The van der Waals surface area contributed by atoms with Crippen LogP contribution in [0.3, 0.4) is 0 Å². The normalized spacial score (nSPS) is 19.3. The zero-order valence-electron chi connectivity index (χ0n) is 13.8. The molecule has 3 aromatic rings. The fraction of sp³-hybridized carbons (Fsp3) is 0.190. The van der Waals surface area contributed by atoms with Crippen LogP contribution in [-0.2, 0) is 12.1 Å². The summed E-state index contributed by atoms with van der Waals surface area (Å²) in [5.41, 5.74) is 2.51. The number of pyridine rings is 1. The Kier molecular flexibility index (Phi) is 3.58. The molecule has 24 heavy (non-hydrogen) atoms. The first kappa shape index (κ1) is 14.9. The number of para-hydroxylation sites is 1. The molecular formula is C21H21N2O+. The lowest BCUT2D eigenvalue weighted by molar-refractivity contribution is -0.782. The fourth-order valence-electron chi connectivity index (χ4n) is 3.42. The SMILES string of the molecule is Cc1ccc(CC2(O)CN(c3ccccc3)c3cccc[n+]32)cc1. The van der Waals surface area contributed by atoms with Crippen LogP contribution < -0.4 is 9.47 Å². The van der Waals surface area contributed by atoms with Crippen molar-refractivity contribution in [3.05, 3.63) is 90.1 Å². The minimum absolute atomic E-state index is 0.537. The van der Waals surface area contributed by atoms with Crippen LogP contribution in [0.25, 0.3) is 0 Å². The first-order valence-electron chi connectivity index (χ1n) is 8.27. The zero-order valence-corrected chi connectivity index (χ0v) is 13.8. The van der Waals surface area contributed by atoms with E-state index in [2.05, 4.69) is 54.3 Å². The van der Waals surface area contributed by atoms with Gasteiger partial charge in [0.1, 0.15) is 5.69 Å². The predicted octanol–water partition coefficient (Wildman–Crippen LogP) is 3.32. The largest absolute Gasteiger partial charge is 0.349 e. The molecule has 4 rings (SSSR count). The molecule has 0 amide bonds. The number of aryl methyl sites for hydroxylation is 1. The monoisotopic (exact) mass is 317 g/mol. The minimum atomic E-state index is -0.957. The molecule has 0 bridgehead atoms. The van der Waals surface area contributed by atoms with Gasteiger partial charge in [-0.05, 0) is 30.7 Å². The number of hydrogen-bond donors (Lipinski definition) is 1. The number of aliphatic hydroxyl groups is 1. The number of benzene rings is 2. The summed E-state index contributed by atoms with van der Waals surface area (Å²) < 4.78 is 1.99. The average molecular weight is 317 g/mol. The number of rotatable bonds is 3. The Morgan fingerprint density at radius 1 is 0.958 bits per heavy atom. The molecule has 0 saturated heterocycles. The molecule has 0 aliphatic carbocycles. The van der Waals surface area contributed by atoms with Gasteiger partial charge >= 0.3 is 0 Å². The number of aromatic nitrogens is 1. The fourth-order valence-corrected chi connectivity index (χ4v) is 3.42. The third kappa shape index (κ3) is 2.57. The predicted molar refractivity (Wildman–Crippen MR) is 95.2 cm³/mol. The van der Waals surface area contributed by atoms with Crippen molar-refractivity contribution in [2.24, 2.45) is 0 Å². The summed E-state index contributed by atoms with van der Waals surface area (Å²) in [5, 5.41) is 11.4. The Morgan fingerprint density at radius 3 is 2.42 bits per heavy atom. The van der Waals surface area contributed by atoms with Gasteiger partial charge in [-0.1, -0.05) is 54.1 Å². The molecule has 0 saturated carbocycles. The van der Waals surface area contributed by atoms with E-state index in [0.29, 0.717) is 13.0 Å². The maximum atomic E-state index is 11.4. The van der Waals surface area contributed by atoms with Crippen molar-refractivity contribution in [3.8, 4) is 0 Å². The summed E-state index contributed by atoms with van der Waals surface area (Å²) in [7, 11) is 0. The molecule has 1 unspecified atom stereocenters. The molecule has 1 aliphatic rings. The second kappa shape index (κ2) is 5.77. The van der Waals surface area contributed by atoms with Gasteiger partial charge in [-0.3, -0.25) is 0 Å². The van der Waals surface area contributed by atoms with Crippen LogP contribution in [-0.4, -0.2) is 11.7 Å². The Bertz CT molecular complexity index is 845. The van der Waals surface area contributed by atoms with E-state index in [9.17, 15) is 5.11 Å².